The maximum absolute atomic E-state index is 14.2. The first-order chi connectivity index (χ1) is 23.5. The van der Waals surface area contributed by atoms with E-state index in [4.69, 9.17) is 16.4 Å². The largest absolute Gasteiger partial charge is 0.354 e. The Morgan fingerprint density at radius 1 is 0.857 bits per heavy atom. The summed E-state index contributed by atoms with van der Waals surface area (Å²) in [4.78, 5) is 49.5. The third-order valence-corrected chi connectivity index (χ3v) is 10.3. The zero-order valence-electron chi connectivity index (χ0n) is 28.9. The second-order valence-corrected chi connectivity index (χ2v) is 14.0. The number of ketones is 2. The number of benzene rings is 4. The lowest BCUT2D eigenvalue weighted by atomic mass is 9.97. The minimum atomic E-state index is -0.923. The number of aryl methyl sites for hydroxylation is 2. The number of carbonyl (C=O) groups excluding carboxylic acids is 3. The van der Waals surface area contributed by atoms with Gasteiger partial charge in [0, 0.05) is 67.1 Å². The van der Waals surface area contributed by atoms with Gasteiger partial charge >= 0.3 is 5.97 Å². The van der Waals surface area contributed by atoms with Crippen LogP contribution in [0.3, 0.4) is 0 Å². The molecule has 254 valence electrons. The summed E-state index contributed by atoms with van der Waals surface area (Å²) in [5, 5.41) is 6.60. The fourth-order valence-electron chi connectivity index (χ4n) is 6.23. The topological polar surface area (TPSA) is 81.0 Å². The molecular formula is C40H42ClN3O4S. The van der Waals surface area contributed by atoms with Crippen LogP contribution in [0.2, 0.25) is 5.02 Å². The molecule has 7 nitrogen and oxygen atoms in total. The highest BCUT2D eigenvalue weighted by Gasteiger charge is 2.35. The number of oxime groups is 1. The number of rotatable bonds is 14. The van der Waals surface area contributed by atoms with Crippen molar-refractivity contribution in [3.05, 3.63) is 112 Å². The first-order valence-electron chi connectivity index (χ1n) is 16.6. The van der Waals surface area contributed by atoms with Crippen molar-refractivity contribution in [3.8, 4) is 0 Å². The van der Waals surface area contributed by atoms with Gasteiger partial charge in [-0.25, -0.2) is 4.79 Å². The molecule has 0 unspecified atom stereocenters. The summed E-state index contributed by atoms with van der Waals surface area (Å²) < 4.78 is 2.18. The van der Waals surface area contributed by atoms with Gasteiger partial charge in [-0.3, -0.25) is 14.5 Å². The number of hydrogen-bond donors (Lipinski definition) is 0. The molecule has 49 heavy (non-hydrogen) atoms. The van der Waals surface area contributed by atoms with Crippen molar-refractivity contribution in [2.24, 2.45) is 5.16 Å². The van der Waals surface area contributed by atoms with Crippen LogP contribution in [0.15, 0.2) is 95.0 Å². The van der Waals surface area contributed by atoms with Crippen LogP contribution >= 0.6 is 23.4 Å². The summed E-state index contributed by atoms with van der Waals surface area (Å²) in [5.74, 6) is -0.368. The fraction of sp³-hybridized carbons (Fsp3) is 0.300. The first kappa shape index (κ1) is 36.1. The normalized spacial score (nSPS) is 12.2. The third kappa shape index (κ3) is 7.67. The van der Waals surface area contributed by atoms with Gasteiger partial charge in [0.2, 0.25) is 5.78 Å². The maximum atomic E-state index is 14.2. The van der Waals surface area contributed by atoms with Crippen LogP contribution in [-0.2, 0) is 16.2 Å². The number of carbonyl (C=O) groups is 3. The molecule has 0 spiro atoms. The summed E-state index contributed by atoms with van der Waals surface area (Å²) in [7, 11) is 0. The van der Waals surface area contributed by atoms with E-state index in [0.717, 1.165) is 32.3 Å². The minimum Gasteiger partial charge on any atom is -0.341 e. The van der Waals surface area contributed by atoms with Gasteiger partial charge in [-0.1, -0.05) is 54.9 Å². The van der Waals surface area contributed by atoms with Gasteiger partial charge in [0.1, 0.15) is 11.3 Å². The fourth-order valence-corrected chi connectivity index (χ4v) is 7.21. The number of fused-ring (bicyclic) bond motifs is 3. The van der Waals surface area contributed by atoms with Crippen molar-refractivity contribution in [2.45, 2.75) is 64.9 Å². The average Bonchev–Trinajstić information content (AvgIpc) is 3.42. The van der Waals surface area contributed by atoms with Crippen molar-refractivity contribution in [2.75, 3.05) is 18.8 Å². The van der Waals surface area contributed by atoms with Gasteiger partial charge in [0.25, 0.3) is 0 Å². The highest BCUT2D eigenvalue weighted by Crippen LogP contribution is 2.32. The van der Waals surface area contributed by atoms with Crippen LogP contribution in [0.25, 0.3) is 21.8 Å². The van der Waals surface area contributed by atoms with Crippen LogP contribution < -0.4 is 0 Å². The summed E-state index contributed by atoms with van der Waals surface area (Å²) in [6, 6.07) is 26.4. The molecule has 0 fully saturated rings. The Balaban J connectivity index is 1.51. The molecule has 4 aromatic carbocycles. The zero-order chi connectivity index (χ0) is 35.3. The van der Waals surface area contributed by atoms with Crippen molar-refractivity contribution in [1.82, 2.24) is 9.47 Å². The van der Waals surface area contributed by atoms with Crippen LogP contribution in [0.1, 0.15) is 72.9 Å². The summed E-state index contributed by atoms with van der Waals surface area (Å²) in [6.07, 6.45) is 0.273. The smallest absolute Gasteiger partial charge is 0.341 e. The summed E-state index contributed by atoms with van der Waals surface area (Å²) in [5.41, 5.74) is 3.74. The monoisotopic (exact) mass is 695 g/mol. The molecule has 5 aromatic rings. The highest BCUT2D eigenvalue weighted by atomic mass is 35.5. The Kier molecular flexibility index (Phi) is 11.4. The molecule has 0 saturated heterocycles. The molecule has 0 aliphatic rings. The summed E-state index contributed by atoms with van der Waals surface area (Å²) >= 11 is 7.62. The molecule has 0 aliphatic carbocycles. The molecule has 9 heteroatoms. The Hall–Kier alpha value is -4.24. The molecular weight excluding hydrogens is 654 g/mol. The average molecular weight is 696 g/mol. The van der Waals surface area contributed by atoms with Gasteiger partial charge < -0.3 is 9.40 Å². The highest BCUT2D eigenvalue weighted by molar-refractivity contribution is 7.99. The van der Waals surface area contributed by atoms with Gasteiger partial charge in [0.05, 0.1) is 0 Å². The SMILES string of the molecule is CCN(CC)C(C)(C)C(=O)O/N=C(\CCSc1ccc(Cl)cc1)C(=O)c1ccc2c(c1)c1cc(C(=O)c3ccccc3C)ccc1n2CC. The first-order valence-corrected chi connectivity index (χ1v) is 18.0. The lowest BCUT2D eigenvalue weighted by molar-refractivity contribution is -0.156. The minimum absolute atomic E-state index is 0.0494. The predicted molar refractivity (Wildman–Crippen MR) is 201 cm³/mol. The van der Waals surface area contributed by atoms with E-state index in [2.05, 4.69) is 16.6 Å². The second-order valence-electron chi connectivity index (χ2n) is 12.4. The van der Waals surface area contributed by atoms with E-state index in [1.807, 2.05) is 105 Å². The zero-order valence-corrected chi connectivity index (χ0v) is 30.5. The molecule has 0 amide bonds. The molecule has 1 aromatic heterocycles. The molecule has 0 aliphatic heterocycles. The quantitative estimate of drug-likeness (QED) is 0.0379. The van der Waals surface area contributed by atoms with Gasteiger partial charge in [0.15, 0.2) is 5.78 Å². The van der Waals surface area contributed by atoms with Crippen LogP contribution in [0.4, 0.5) is 0 Å². The molecule has 5 rings (SSSR count). The van der Waals surface area contributed by atoms with E-state index in [9.17, 15) is 14.4 Å². The number of thioether (sulfide) groups is 1. The molecule has 0 N–H and O–H groups in total. The van der Waals surface area contributed by atoms with Crippen molar-refractivity contribution < 1.29 is 19.2 Å². The van der Waals surface area contributed by atoms with E-state index in [1.165, 1.54) is 0 Å². The van der Waals surface area contributed by atoms with E-state index in [0.29, 0.717) is 47.1 Å². The van der Waals surface area contributed by atoms with E-state index < -0.39 is 11.5 Å². The van der Waals surface area contributed by atoms with Crippen LogP contribution in [0.5, 0.6) is 0 Å². The van der Waals surface area contributed by atoms with Gasteiger partial charge in [-0.05, 0) is 107 Å². The van der Waals surface area contributed by atoms with Crippen molar-refractivity contribution in [1.29, 1.82) is 0 Å². The van der Waals surface area contributed by atoms with Crippen molar-refractivity contribution >= 4 is 68.4 Å². The standard InChI is InChI=1S/C40H42ClN3O4S/c1-7-43(8-2)40(5,6)39(47)48-42-34(22-23-49-30-18-16-29(41)17-19-30)38(46)28-15-21-36-33(25-28)32-24-27(14-20-35(32)44(36)9-3)37(45)31-13-11-10-12-26(31)4/h10-21,24-25H,7-9,22-23H2,1-6H3/b42-34+. The third-order valence-electron chi connectivity index (χ3n) is 9.07. The Bertz CT molecular complexity index is 2040. The van der Waals surface area contributed by atoms with Gasteiger partial charge in [-0.2, -0.15) is 0 Å². The summed E-state index contributed by atoms with van der Waals surface area (Å²) in [6.45, 7) is 13.6. The van der Waals surface area contributed by atoms with E-state index in [-0.39, 0.29) is 23.7 Å². The maximum Gasteiger partial charge on any atom is 0.354 e. The lowest BCUT2D eigenvalue weighted by Gasteiger charge is -2.33. The second kappa shape index (κ2) is 15.5. The Morgan fingerprint density at radius 2 is 1.47 bits per heavy atom. The molecule has 0 radical (unpaired) electrons. The number of aromatic nitrogens is 1. The molecule has 0 bridgehead atoms. The predicted octanol–water partition coefficient (Wildman–Crippen LogP) is 9.39. The van der Waals surface area contributed by atoms with E-state index in [1.54, 1.807) is 31.7 Å². The molecule has 1 heterocycles. The Labute approximate surface area is 297 Å². The molecule has 0 saturated carbocycles. The number of halogens is 1. The lowest BCUT2D eigenvalue weighted by Crippen LogP contribution is -2.50. The Morgan fingerprint density at radius 3 is 2.08 bits per heavy atom. The van der Waals surface area contributed by atoms with Crippen LogP contribution in [-0.4, -0.2) is 57.1 Å². The van der Waals surface area contributed by atoms with Gasteiger partial charge in [-0.15, -0.1) is 11.8 Å². The van der Waals surface area contributed by atoms with Crippen LogP contribution in [0, 0.1) is 6.92 Å². The van der Waals surface area contributed by atoms with Crippen molar-refractivity contribution in [3.63, 3.8) is 0 Å². The number of nitrogens with zero attached hydrogens (tertiary/aromatic N) is 3. The number of likely N-dealkylation sites (N-methyl/N-ethyl adjacent to an activating group) is 1. The molecule has 0 atom stereocenters. The number of hydrogen-bond acceptors (Lipinski definition) is 7. The van der Waals surface area contributed by atoms with E-state index >= 15 is 0 Å². The number of Topliss-reactive ketones (excluding diaryl/α,β-unsaturated/α-hetero) is 1.